The molecule has 0 aliphatic heterocycles. The highest BCUT2D eigenvalue weighted by atomic mass is 35.5. The van der Waals surface area contributed by atoms with Crippen molar-refractivity contribution in [3.05, 3.63) is 70.6 Å². The Morgan fingerprint density at radius 1 is 1.24 bits per heavy atom. The van der Waals surface area contributed by atoms with E-state index >= 15 is 0 Å². The van der Waals surface area contributed by atoms with Crippen LogP contribution < -0.4 is 0 Å². The summed E-state index contributed by atoms with van der Waals surface area (Å²) < 4.78 is 1.79. The fraction of sp³-hybridized carbons (Fsp3) is 0. The summed E-state index contributed by atoms with van der Waals surface area (Å²) in [6.07, 6.45) is 3.46. The van der Waals surface area contributed by atoms with E-state index < -0.39 is 5.97 Å². The molecule has 4 nitrogen and oxygen atoms in total. The van der Waals surface area contributed by atoms with Crippen LogP contribution in [-0.2, 0) is 0 Å². The van der Waals surface area contributed by atoms with Gasteiger partial charge < -0.3 is 5.11 Å². The fourth-order valence-corrected chi connectivity index (χ4v) is 2.15. The average molecular weight is 297 g/mol. The van der Waals surface area contributed by atoms with Crippen LogP contribution in [0.25, 0.3) is 5.65 Å². The Hall–Kier alpha value is -2.77. The van der Waals surface area contributed by atoms with Crippen molar-refractivity contribution in [1.29, 1.82) is 0 Å². The Morgan fingerprint density at radius 2 is 2.10 bits per heavy atom. The summed E-state index contributed by atoms with van der Waals surface area (Å²) in [6, 6.07) is 10.1. The van der Waals surface area contributed by atoms with Crippen molar-refractivity contribution in [2.45, 2.75) is 0 Å². The third-order valence-electron chi connectivity index (χ3n) is 2.93. The highest BCUT2D eigenvalue weighted by Crippen LogP contribution is 2.16. The minimum Gasteiger partial charge on any atom is -0.478 e. The molecular formula is C16H9ClN2O2. The first-order valence-corrected chi connectivity index (χ1v) is 6.50. The molecule has 0 atom stereocenters. The van der Waals surface area contributed by atoms with Crippen LogP contribution in [0.2, 0.25) is 5.02 Å². The van der Waals surface area contributed by atoms with Crippen molar-refractivity contribution in [3.8, 4) is 11.8 Å². The minimum atomic E-state index is -0.972. The number of halogens is 1. The monoisotopic (exact) mass is 296 g/mol. The second kappa shape index (κ2) is 5.31. The van der Waals surface area contributed by atoms with Gasteiger partial charge >= 0.3 is 5.97 Å². The number of benzene rings is 1. The van der Waals surface area contributed by atoms with Gasteiger partial charge in [-0.25, -0.2) is 9.78 Å². The SMILES string of the molecule is O=C(O)c1cccc(C#Cc2cnc3c(Cl)cccn23)c1. The van der Waals surface area contributed by atoms with Crippen molar-refractivity contribution < 1.29 is 9.90 Å². The Balaban J connectivity index is 2.02. The average Bonchev–Trinajstić information content (AvgIpc) is 2.90. The zero-order chi connectivity index (χ0) is 14.8. The van der Waals surface area contributed by atoms with Gasteiger partial charge in [0.05, 0.1) is 16.8 Å². The maximum absolute atomic E-state index is 10.9. The summed E-state index contributed by atoms with van der Waals surface area (Å²) in [5.74, 6) is 4.94. The van der Waals surface area contributed by atoms with Crippen LogP contribution in [0.15, 0.2) is 48.8 Å². The molecule has 0 radical (unpaired) electrons. The number of aromatic nitrogens is 2. The summed E-state index contributed by atoms with van der Waals surface area (Å²) in [7, 11) is 0. The Morgan fingerprint density at radius 3 is 2.90 bits per heavy atom. The van der Waals surface area contributed by atoms with Gasteiger partial charge in [-0.05, 0) is 36.3 Å². The molecule has 5 heteroatoms. The maximum atomic E-state index is 10.9. The van der Waals surface area contributed by atoms with E-state index in [0.717, 1.165) is 0 Å². The second-order valence-corrected chi connectivity index (χ2v) is 4.74. The molecule has 0 aliphatic rings. The van der Waals surface area contributed by atoms with E-state index in [1.807, 2.05) is 12.3 Å². The van der Waals surface area contributed by atoms with Crippen molar-refractivity contribution in [2.75, 3.05) is 0 Å². The molecule has 0 fully saturated rings. The Bertz CT molecular complexity index is 903. The molecule has 0 unspecified atom stereocenters. The van der Waals surface area contributed by atoms with Crippen LogP contribution in [0.5, 0.6) is 0 Å². The van der Waals surface area contributed by atoms with E-state index in [9.17, 15) is 4.79 Å². The van der Waals surface area contributed by atoms with Gasteiger partial charge in [0.25, 0.3) is 0 Å². The number of carboxylic acids is 1. The number of nitrogens with zero attached hydrogens (tertiary/aromatic N) is 2. The van der Waals surface area contributed by atoms with Gasteiger partial charge in [-0.3, -0.25) is 4.40 Å². The van der Waals surface area contributed by atoms with Gasteiger partial charge in [0.1, 0.15) is 5.69 Å². The first kappa shape index (κ1) is 13.2. The molecule has 102 valence electrons. The van der Waals surface area contributed by atoms with Crippen molar-refractivity contribution in [2.24, 2.45) is 0 Å². The molecular weight excluding hydrogens is 288 g/mol. The van der Waals surface area contributed by atoms with E-state index in [2.05, 4.69) is 16.8 Å². The van der Waals surface area contributed by atoms with Crippen LogP contribution in [0.4, 0.5) is 0 Å². The van der Waals surface area contributed by atoms with Crippen LogP contribution in [-0.4, -0.2) is 20.5 Å². The number of aromatic carboxylic acids is 1. The number of rotatable bonds is 1. The van der Waals surface area contributed by atoms with E-state index in [0.29, 0.717) is 21.9 Å². The summed E-state index contributed by atoms with van der Waals surface area (Å²) in [5.41, 5.74) is 2.17. The molecule has 1 aromatic carbocycles. The summed E-state index contributed by atoms with van der Waals surface area (Å²) in [6.45, 7) is 0. The standard InChI is InChI=1S/C16H9ClN2O2/c17-14-5-2-8-19-13(10-18-15(14)19)7-6-11-3-1-4-12(9-11)16(20)21/h1-5,8-10H,(H,20,21). The van der Waals surface area contributed by atoms with Crippen LogP contribution in [0, 0.1) is 11.8 Å². The Kier molecular flexibility index (Phi) is 3.35. The van der Waals surface area contributed by atoms with Crippen molar-refractivity contribution >= 4 is 23.2 Å². The van der Waals surface area contributed by atoms with E-state index in [4.69, 9.17) is 16.7 Å². The molecule has 3 aromatic rings. The molecule has 3 rings (SSSR count). The lowest BCUT2D eigenvalue weighted by Gasteiger charge is -1.96. The largest absolute Gasteiger partial charge is 0.478 e. The molecule has 1 N–H and O–H groups in total. The lowest BCUT2D eigenvalue weighted by molar-refractivity contribution is 0.0697. The van der Waals surface area contributed by atoms with Crippen LogP contribution in [0.1, 0.15) is 21.6 Å². The Labute approximate surface area is 125 Å². The zero-order valence-electron chi connectivity index (χ0n) is 10.7. The quantitative estimate of drug-likeness (QED) is 0.702. The van der Waals surface area contributed by atoms with Gasteiger partial charge in [-0.1, -0.05) is 23.6 Å². The molecule has 0 amide bonds. The molecule has 0 saturated heterocycles. The van der Waals surface area contributed by atoms with Crippen molar-refractivity contribution in [3.63, 3.8) is 0 Å². The highest BCUT2D eigenvalue weighted by molar-refractivity contribution is 6.33. The number of pyridine rings is 1. The number of carboxylic acid groups (broad SMARTS) is 1. The van der Waals surface area contributed by atoms with Gasteiger partial charge in [0, 0.05) is 11.8 Å². The topological polar surface area (TPSA) is 54.6 Å². The van der Waals surface area contributed by atoms with Crippen LogP contribution in [0.3, 0.4) is 0 Å². The summed E-state index contributed by atoms with van der Waals surface area (Å²) in [4.78, 5) is 15.1. The van der Waals surface area contributed by atoms with Gasteiger partial charge in [0.2, 0.25) is 0 Å². The predicted octanol–water partition coefficient (Wildman–Crippen LogP) is 3.09. The third kappa shape index (κ3) is 2.60. The lowest BCUT2D eigenvalue weighted by Crippen LogP contribution is -1.95. The molecule has 21 heavy (non-hydrogen) atoms. The highest BCUT2D eigenvalue weighted by Gasteiger charge is 2.04. The second-order valence-electron chi connectivity index (χ2n) is 4.33. The lowest BCUT2D eigenvalue weighted by atomic mass is 10.1. The number of hydrogen-bond acceptors (Lipinski definition) is 2. The van der Waals surface area contributed by atoms with Gasteiger partial charge in [-0.2, -0.15) is 0 Å². The number of imidazole rings is 1. The fourth-order valence-electron chi connectivity index (χ4n) is 1.94. The van der Waals surface area contributed by atoms with Crippen LogP contribution >= 0.6 is 11.6 Å². The minimum absolute atomic E-state index is 0.211. The number of hydrogen-bond donors (Lipinski definition) is 1. The number of fused-ring (bicyclic) bond motifs is 1. The molecule has 2 aromatic heterocycles. The number of carbonyl (C=O) groups is 1. The van der Waals surface area contributed by atoms with E-state index in [-0.39, 0.29) is 5.56 Å². The van der Waals surface area contributed by atoms with Crippen molar-refractivity contribution in [1.82, 2.24) is 9.38 Å². The first-order chi connectivity index (χ1) is 10.1. The third-order valence-corrected chi connectivity index (χ3v) is 3.23. The summed E-state index contributed by atoms with van der Waals surface area (Å²) >= 11 is 6.05. The van der Waals surface area contributed by atoms with E-state index in [1.54, 1.807) is 28.8 Å². The van der Waals surface area contributed by atoms with Gasteiger partial charge in [-0.15, -0.1) is 0 Å². The molecule has 0 aliphatic carbocycles. The molecule has 0 bridgehead atoms. The predicted molar refractivity (Wildman–Crippen MR) is 79.6 cm³/mol. The zero-order valence-corrected chi connectivity index (χ0v) is 11.5. The first-order valence-electron chi connectivity index (χ1n) is 6.12. The van der Waals surface area contributed by atoms with E-state index in [1.165, 1.54) is 12.1 Å². The normalized spacial score (nSPS) is 10.1. The summed E-state index contributed by atoms with van der Waals surface area (Å²) in [5, 5.41) is 9.51. The maximum Gasteiger partial charge on any atom is 0.335 e. The molecule has 0 spiro atoms. The van der Waals surface area contributed by atoms with Gasteiger partial charge in [0.15, 0.2) is 5.65 Å². The molecule has 0 saturated carbocycles. The smallest absolute Gasteiger partial charge is 0.335 e. The molecule has 2 heterocycles.